The molecule has 1 heterocycles. The first-order valence-electron chi connectivity index (χ1n) is 7.03. The van der Waals surface area contributed by atoms with E-state index in [1.165, 1.54) is 11.8 Å². The van der Waals surface area contributed by atoms with Crippen LogP contribution in [-0.2, 0) is 11.3 Å². The lowest BCUT2D eigenvalue weighted by atomic mass is 10.2. The van der Waals surface area contributed by atoms with Crippen LogP contribution in [0, 0.1) is 0 Å². The number of aliphatic imine (C=N–C) groups is 1. The second kappa shape index (κ2) is 8.93. The minimum Gasteiger partial charge on any atom is -0.493 e. The standard InChI is InChI=1S/C15H20N2O4S2/c1-19-11-6-10(7-12(20-2)14(11)21-3)8-17-13(18)9-23-15-16-4-5-22-15/h6-7H,4-5,8-9H2,1-3H3,(H,17,18). The van der Waals surface area contributed by atoms with Gasteiger partial charge in [0, 0.05) is 12.3 Å². The Balaban J connectivity index is 1.92. The molecule has 0 aliphatic carbocycles. The lowest BCUT2D eigenvalue weighted by Gasteiger charge is -2.14. The van der Waals surface area contributed by atoms with Gasteiger partial charge >= 0.3 is 0 Å². The van der Waals surface area contributed by atoms with Crippen LogP contribution >= 0.6 is 23.5 Å². The number of nitrogens with one attached hydrogen (secondary N) is 1. The highest BCUT2D eigenvalue weighted by atomic mass is 32.2. The largest absolute Gasteiger partial charge is 0.493 e. The van der Waals surface area contributed by atoms with Gasteiger partial charge in [0.05, 0.1) is 33.6 Å². The molecule has 0 unspecified atom stereocenters. The summed E-state index contributed by atoms with van der Waals surface area (Å²) in [5.74, 6) is 3.03. The van der Waals surface area contributed by atoms with Crippen molar-refractivity contribution in [2.24, 2.45) is 4.99 Å². The van der Waals surface area contributed by atoms with Crippen LogP contribution in [0.5, 0.6) is 17.2 Å². The molecule has 0 bridgehead atoms. The number of nitrogens with zero attached hydrogens (tertiary/aromatic N) is 1. The van der Waals surface area contributed by atoms with Gasteiger partial charge in [0.1, 0.15) is 4.38 Å². The van der Waals surface area contributed by atoms with Crippen molar-refractivity contribution in [3.05, 3.63) is 17.7 Å². The minimum atomic E-state index is -0.0287. The van der Waals surface area contributed by atoms with Crippen molar-refractivity contribution in [1.82, 2.24) is 5.32 Å². The van der Waals surface area contributed by atoms with E-state index in [0.717, 1.165) is 22.2 Å². The Hall–Kier alpha value is -1.54. The van der Waals surface area contributed by atoms with Gasteiger partial charge in [-0.2, -0.15) is 0 Å². The van der Waals surface area contributed by atoms with Gasteiger partial charge in [0.15, 0.2) is 11.5 Å². The molecule has 1 aliphatic heterocycles. The van der Waals surface area contributed by atoms with Gasteiger partial charge in [-0.15, -0.1) is 0 Å². The zero-order chi connectivity index (χ0) is 16.7. The third-order valence-corrected chi connectivity index (χ3v) is 5.35. The van der Waals surface area contributed by atoms with E-state index in [0.29, 0.717) is 29.5 Å². The second-order valence-corrected chi connectivity index (χ2v) is 6.90. The van der Waals surface area contributed by atoms with E-state index in [1.807, 2.05) is 12.1 Å². The molecule has 2 rings (SSSR count). The minimum absolute atomic E-state index is 0.0287. The Morgan fingerprint density at radius 2 is 1.96 bits per heavy atom. The van der Waals surface area contributed by atoms with Crippen molar-refractivity contribution in [3.63, 3.8) is 0 Å². The van der Waals surface area contributed by atoms with E-state index < -0.39 is 0 Å². The van der Waals surface area contributed by atoms with Crippen molar-refractivity contribution in [3.8, 4) is 17.2 Å². The Kier molecular flexibility index (Phi) is 6.91. The summed E-state index contributed by atoms with van der Waals surface area (Å²) in [7, 11) is 4.69. The number of amides is 1. The fraction of sp³-hybridized carbons (Fsp3) is 0.467. The molecule has 1 aliphatic rings. The third-order valence-electron chi connectivity index (χ3n) is 3.10. The number of carbonyl (C=O) groups excluding carboxylic acids is 1. The topological polar surface area (TPSA) is 69.2 Å². The summed E-state index contributed by atoms with van der Waals surface area (Å²) in [5, 5.41) is 2.89. The van der Waals surface area contributed by atoms with Gasteiger partial charge in [0.25, 0.3) is 0 Å². The van der Waals surface area contributed by atoms with Gasteiger partial charge in [-0.1, -0.05) is 23.5 Å². The predicted octanol–water partition coefficient (Wildman–Crippen LogP) is 2.16. The van der Waals surface area contributed by atoms with Crippen LogP contribution in [0.25, 0.3) is 0 Å². The average Bonchev–Trinajstić information content (AvgIpc) is 3.10. The fourth-order valence-corrected chi connectivity index (χ4v) is 3.86. The monoisotopic (exact) mass is 356 g/mol. The SMILES string of the molecule is COc1cc(CNC(=O)CSC2=NCCS2)cc(OC)c1OC. The van der Waals surface area contributed by atoms with Crippen LogP contribution in [-0.4, -0.2) is 49.7 Å². The fourth-order valence-electron chi connectivity index (χ4n) is 2.02. The molecule has 1 N–H and O–H groups in total. The lowest BCUT2D eigenvalue weighted by Crippen LogP contribution is -2.25. The first-order valence-corrected chi connectivity index (χ1v) is 9.00. The van der Waals surface area contributed by atoms with Crippen LogP contribution in [0.1, 0.15) is 5.56 Å². The number of ether oxygens (including phenoxy) is 3. The third kappa shape index (κ3) is 4.97. The van der Waals surface area contributed by atoms with Gasteiger partial charge in [-0.3, -0.25) is 9.79 Å². The summed E-state index contributed by atoms with van der Waals surface area (Å²) in [6, 6.07) is 3.65. The van der Waals surface area contributed by atoms with Crippen molar-refractivity contribution >= 4 is 33.8 Å². The molecular formula is C15H20N2O4S2. The molecule has 1 aromatic carbocycles. The van der Waals surface area contributed by atoms with Crippen molar-refractivity contribution in [2.45, 2.75) is 6.54 Å². The molecule has 6 nitrogen and oxygen atoms in total. The van der Waals surface area contributed by atoms with E-state index in [-0.39, 0.29) is 5.91 Å². The molecule has 8 heteroatoms. The molecule has 1 aromatic rings. The molecule has 1 amide bonds. The first kappa shape index (κ1) is 17.8. The molecule has 0 fully saturated rings. The Morgan fingerprint density at radius 3 is 2.48 bits per heavy atom. The van der Waals surface area contributed by atoms with E-state index >= 15 is 0 Å². The summed E-state index contributed by atoms with van der Waals surface area (Å²) in [6.07, 6.45) is 0. The van der Waals surface area contributed by atoms with Crippen LogP contribution in [0.4, 0.5) is 0 Å². The lowest BCUT2D eigenvalue weighted by molar-refractivity contribution is -0.118. The van der Waals surface area contributed by atoms with E-state index in [4.69, 9.17) is 14.2 Å². The van der Waals surface area contributed by atoms with Crippen LogP contribution in [0.15, 0.2) is 17.1 Å². The highest BCUT2D eigenvalue weighted by molar-refractivity contribution is 8.39. The molecular weight excluding hydrogens is 336 g/mol. The molecule has 0 radical (unpaired) electrons. The van der Waals surface area contributed by atoms with E-state index in [1.54, 1.807) is 33.1 Å². The number of rotatable bonds is 7. The summed E-state index contributed by atoms with van der Waals surface area (Å²) < 4.78 is 16.9. The molecule has 0 aromatic heterocycles. The number of benzene rings is 1. The van der Waals surface area contributed by atoms with Gasteiger partial charge in [-0.05, 0) is 17.7 Å². The zero-order valence-corrected chi connectivity index (χ0v) is 15.0. The number of hydrogen-bond acceptors (Lipinski definition) is 7. The Labute approximate surface area is 144 Å². The van der Waals surface area contributed by atoms with Crippen LogP contribution in [0.3, 0.4) is 0 Å². The number of methoxy groups -OCH3 is 3. The normalized spacial score (nSPS) is 13.4. The molecule has 0 saturated heterocycles. The smallest absolute Gasteiger partial charge is 0.230 e. The average molecular weight is 356 g/mol. The second-order valence-electron chi connectivity index (χ2n) is 4.60. The zero-order valence-electron chi connectivity index (χ0n) is 13.4. The molecule has 0 saturated carbocycles. The summed E-state index contributed by atoms with van der Waals surface area (Å²) >= 11 is 3.18. The van der Waals surface area contributed by atoms with E-state index in [9.17, 15) is 4.79 Å². The van der Waals surface area contributed by atoms with Crippen LogP contribution in [0.2, 0.25) is 0 Å². The highest BCUT2D eigenvalue weighted by Gasteiger charge is 2.14. The maximum absolute atomic E-state index is 11.9. The van der Waals surface area contributed by atoms with Gasteiger partial charge in [-0.25, -0.2) is 0 Å². The maximum Gasteiger partial charge on any atom is 0.230 e. The van der Waals surface area contributed by atoms with Crippen molar-refractivity contribution in [2.75, 3.05) is 39.4 Å². The Morgan fingerprint density at radius 1 is 1.26 bits per heavy atom. The summed E-state index contributed by atoms with van der Waals surface area (Å²) in [4.78, 5) is 16.2. The van der Waals surface area contributed by atoms with Gasteiger partial charge in [0.2, 0.25) is 11.7 Å². The van der Waals surface area contributed by atoms with E-state index in [2.05, 4.69) is 10.3 Å². The number of carbonyl (C=O) groups is 1. The molecule has 126 valence electrons. The molecule has 0 atom stereocenters. The maximum atomic E-state index is 11.9. The summed E-state index contributed by atoms with van der Waals surface area (Å²) in [5.41, 5.74) is 0.880. The molecule has 0 spiro atoms. The van der Waals surface area contributed by atoms with Crippen LogP contribution < -0.4 is 19.5 Å². The van der Waals surface area contributed by atoms with Gasteiger partial charge < -0.3 is 19.5 Å². The highest BCUT2D eigenvalue weighted by Crippen LogP contribution is 2.38. The van der Waals surface area contributed by atoms with Crippen molar-refractivity contribution in [1.29, 1.82) is 0 Å². The number of thioether (sulfide) groups is 2. The number of hydrogen-bond donors (Lipinski definition) is 1. The summed E-state index contributed by atoms with van der Waals surface area (Å²) in [6.45, 7) is 1.25. The molecule has 23 heavy (non-hydrogen) atoms. The van der Waals surface area contributed by atoms with Crippen molar-refractivity contribution < 1.29 is 19.0 Å². The first-order chi connectivity index (χ1) is 11.2. The predicted molar refractivity (Wildman–Crippen MR) is 95.2 cm³/mol. The quantitative estimate of drug-likeness (QED) is 0.807. The Bertz CT molecular complexity index is 568.